The van der Waals surface area contributed by atoms with Gasteiger partial charge in [0.1, 0.15) is 23.1 Å². The summed E-state index contributed by atoms with van der Waals surface area (Å²) in [4.78, 5) is 22.0. The number of carbonyl (C=O) groups excluding carboxylic acids is 1. The van der Waals surface area contributed by atoms with Crippen LogP contribution in [0.2, 0.25) is 0 Å². The molecule has 32 heavy (non-hydrogen) atoms. The Hall–Kier alpha value is -3.82. The maximum Gasteiger partial charge on any atom is 0.573 e. The molecular formula is C22H18F3N3O4. The molecule has 1 aliphatic heterocycles. The Morgan fingerprint density at radius 2 is 1.91 bits per heavy atom. The molecule has 0 saturated carbocycles. The van der Waals surface area contributed by atoms with Crippen LogP contribution in [0.25, 0.3) is 11.1 Å². The van der Waals surface area contributed by atoms with Crippen LogP contribution >= 0.6 is 0 Å². The highest BCUT2D eigenvalue weighted by Crippen LogP contribution is 2.38. The molecule has 10 heteroatoms. The van der Waals surface area contributed by atoms with E-state index in [4.69, 9.17) is 9.47 Å². The van der Waals surface area contributed by atoms with Gasteiger partial charge in [0.05, 0.1) is 19.7 Å². The number of ether oxygens (including phenoxy) is 3. The van der Waals surface area contributed by atoms with E-state index in [9.17, 15) is 18.0 Å². The topological polar surface area (TPSA) is 73.8 Å². The number of aromatic nitrogens is 2. The van der Waals surface area contributed by atoms with Gasteiger partial charge in [-0.2, -0.15) is 0 Å². The minimum Gasteiger partial charge on any atom is -0.493 e. The SMILES string of the molecule is CCOc1cc(OC(F)(F)F)ccc1-c1ccc2c(c1)CN(Cc1ncccn1)C(=O)O2. The number of alkyl halides is 3. The molecule has 0 aliphatic carbocycles. The Morgan fingerprint density at radius 3 is 2.62 bits per heavy atom. The third kappa shape index (κ3) is 4.90. The molecule has 0 unspecified atom stereocenters. The molecule has 0 atom stereocenters. The third-order valence-electron chi connectivity index (χ3n) is 4.63. The maximum absolute atomic E-state index is 12.6. The lowest BCUT2D eigenvalue weighted by atomic mass is 10.0. The molecule has 3 aromatic rings. The van der Waals surface area contributed by atoms with E-state index in [0.717, 1.165) is 5.56 Å². The largest absolute Gasteiger partial charge is 0.573 e. The summed E-state index contributed by atoms with van der Waals surface area (Å²) >= 11 is 0. The van der Waals surface area contributed by atoms with E-state index < -0.39 is 12.5 Å². The van der Waals surface area contributed by atoms with E-state index in [-0.39, 0.29) is 31.2 Å². The fraction of sp³-hybridized carbons (Fsp3) is 0.227. The average Bonchev–Trinajstić information content (AvgIpc) is 2.74. The van der Waals surface area contributed by atoms with Crippen molar-refractivity contribution in [1.29, 1.82) is 0 Å². The zero-order valence-corrected chi connectivity index (χ0v) is 16.9. The van der Waals surface area contributed by atoms with Crippen molar-refractivity contribution in [2.24, 2.45) is 0 Å². The van der Waals surface area contributed by atoms with Crippen molar-refractivity contribution in [2.45, 2.75) is 26.4 Å². The van der Waals surface area contributed by atoms with Gasteiger partial charge in [0, 0.05) is 29.6 Å². The first-order chi connectivity index (χ1) is 15.3. The van der Waals surface area contributed by atoms with Crippen molar-refractivity contribution in [3.05, 3.63) is 66.2 Å². The van der Waals surface area contributed by atoms with E-state index in [1.54, 1.807) is 37.5 Å². The molecule has 2 aromatic carbocycles. The highest BCUT2D eigenvalue weighted by atomic mass is 19.4. The Kier molecular flexibility index (Phi) is 5.85. The molecule has 0 fully saturated rings. The molecule has 0 N–H and O–H groups in total. The molecule has 0 saturated heterocycles. The van der Waals surface area contributed by atoms with Gasteiger partial charge in [0.2, 0.25) is 0 Å². The summed E-state index contributed by atoms with van der Waals surface area (Å²) in [7, 11) is 0. The van der Waals surface area contributed by atoms with E-state index in [1.165, 1.54) is 23.1 Å². The number of amides is 1. The summed E-state index contributed by atoms with van der Waals surface area (Å²) in [6.07, 6.45) is -2.13. The van der Waals surface area contributed by atoms with Gasteiger partial charge in [-0.05, 0) is 42.8 Å². The van der Waals surface area contributed by atoms with Crippen LogP contribution in [-0.4, -0.2) is 33.9 Å². The highest BCUT2D eigenvalue weighted by molar-refractivity contribution is 5.77. The Morgan fingerprint density at radius 1 is 1.12 bits per heavy atom. The lowest BCUT2D eigenvalue weighted by Crippen LogP contribution is -2.36. The number of hydrogen-bond acceptors (Lipinski definition) is 6. The monoisotopic (exact) mass is 445 g/mol. The summed E-state index contributed by atoms with van der Waals surface area (Å²) in [5.41, 5.74) is 2.01. The van der Waals surface area contributed by atoms with Crippen molar-refractivity contribution >= 4 is 6.09 Å². The van der Waals surface area contributed by atoms with Gasteiger partial charge < -0.3 is 14.2 Å². The molecule has 166 valence electrons. The number of halogens is 3. The lowest BCUT2D eigenvalue weighted by molar-refractivity contribution is -0.274. The fourth-order valence-corrected chi connectivity index (χ4v) is 3.31. The van der Waals surface area contributed by atoms with E-state index >= 15 is 0 Å². The predicted molar refractivity (Wildman–Crippen MR) is 107 cm³/mol. The van der Waals surface area contributed by atoms with Crippen LogP contribution in [0.15, 0.2) is 54.9 Å². The van der Waals surface area contributed by atoms with Crippen LogP contribution < -0.4 is 14.2 Å². The quantitative estimate of drug-likeness (QED) is 0.534. The summed E-state index contributed by atoms with van der Waals surface area (Å²) < 4.78 is 52.7. The van der Waals surface area contributed by atoms with Crippen LogP contribution in [0.5, 0.6) is 17.2 Å². The molecule has 0 radical (unpaired) electrons. The zero-order valence-electron chi connectivity index (χ0n) is 16.9. The average molecular weight is 445 g/mol. The summed E-state index contributed by atoms with van der Waals surface area (Å²) in [6, 6.07) is 10.8. The first-order valence-corrected chi connectivity index (χ1v) is 9.71. The lowest BCUT2D eigenvalue weighted by Gasteiger charge is -2.27. The summed E-state index contributed by atoms with van der Waals surface area (Å²) in [6.45, 7) is 2.43. The van der Waals surface area contributed by atoms with Crippen LogP contribution in [0.3, 0.4) is 0 Å². The normalized spacial score (nSPS) is 13.4. The standard InChI is InChI=1S/C22H18F3N3O4/c1-2-30-19-11-16(32-22(23,24)25)5-6-17(19)14-4-7-18-15(10-14)12-28(21(29)31-18)13-20-26-8-3-9-27-20/h3-11H,2,12-13H2,1H3. The maximum atomic E-state index is 12.6. The minimum absolute atomic E-state index is 0.178. The Labute approximate surface area is 181 Å². The highest BCUT2D eigenvalue weighted by Gasteiger charge is 2.31. The van der Waals surface area contributed by atoms with Crippen LogP contribution in [0, 0.1) is 0 Å². The van der Waals surface area contributed by atoms with Crippen molar-refractivity contribution in [2.75, 3.05) is 6.61 Å². The van der Waals surface area contributed by atoms with Crippen LogP contribution in [0.1, 0.15) is 18.3 Å². The second kappa shape index (κ2) is 8.74. The van der Waals surface area contributed by atoms with Crippen molar-refractivity contribution in [3.8, 4) is 28.4 Å². The Bertz CT molecular complexity index is 1120. The molecule has 7 nitrogen and oxygen atoms in total. The van der Waals surface area contributed by atoms with Crippen LogP contribution in [0.4, 0.5) is 18.0 Å². The molecule has 1 aromatic heterocycles. The van der Waals surface area contributed by atoms with E-state index in [0.29, 0.717) is 22.7 Å². The van der Waals surface area contributed by atoms with Crippen LogP contribution in [-0.2, 0) is 13.1 Å². The van der Waals surface area contributed by atoms with Crippen molar-refractivity contribution < 1.29 is 32.2 Å². The first kappa shape index (κ1) is 21.4. The fourth-order valence-electron chi connectivity index (χ4n) is 3.31. The molecule has 0 spiro atoms. The van der Waals surface area contributed by atoms with Gasteiger partial charge in [0.15, 0.2) is 0 Å². The molecule has 4 rings (SSSR count). The smallest absolute Gasteiger partial charge is 0.493 e. The van der Waals surface area contributed by atoms with E-state index in [1.807, 2.05) is 6.07 Å². The molecule has 1 aliphatic rings. The molecular weight excluding hydrogens is 427 g/mol. The molecule has 1 amide bonds. The minimum atomic E-state index is -4.80. The number of benzene rings is 2. The summed E-state index contributed by atoms with van der Waals surface area (Å²) in [5, 5.41) is 0. The second-order valence-corrected chi connectivity index (χ2v) is 6.85. The van der Waals surface area contributed by atoms with Gasteiger partial charge >= 0.3 is 12.5 Å². The molecule has 2 heterocycles. The van der Waals surface area contributed by atoms with Gasteiger partial charge in [0.25, 0.3) is 0 Å². The first-order valence-electron chi connectivity index (χ1n) is 9.71. The second-order valence-electron chi connectivity index (χ2n) is 6.85. The van der Waals surface area contributed by atoms with Gasteiger partial charge in [-0.15, -0.1) is 13.2 Å². The zero-order chi connectivity index (χ0) is 22.7. The van der Waals surface area contributed by atoms with Crippen molar-refractivity contribution in [1.82, 2.24) is 14.9 Å². The number of rotatable bonds is 6. The number of nitrogens with zero attached hydrogens (tertiary/aromatic N) is 3. The third-order valence-corrected chi connectivity index (χ3v) is 4.63. The number of hydrogen-bond donors (Lipinski definition) is 0. The van der Waals surface area contributed by atoms with Gasteiger partial charge in [-0.3, -0.25) is 4.90 Å². The van der Waals surface area contributed by atoms with Crippen molar-refractivity contribution in [3.63, 3.8) is 0 Å². The van der Waals surface area contributed by atoms with Gasteiger partial charge in [-0.1, -0.05) is 6.07 Å². The molecule has 0 bridgehead atoms. The van der Waals surface area contributed by atoms with Gasteiger partial charge in [-0.25, -0.2) is 14.8 Å². The Balaban J connectivity index is 1.62. The number of carbonyl (C=O) groups is 1. The summed E-state index contributed by atoms with van der Waals surface area (Å²) in [5.74, 6) is 0.768. The van der Waals surface area contributed by atoms with E-state index in [2.05, 4.69) is 14.7 Å². The predicted octanol–water partition coefficient (Wildman–Crippen LogP) is 4.96. The number of fused-ring (bicyclic) bond motifs is 1.